The van der Waals surface area contributed by atoms with E-state index in [1.54, 1.807) is 30.3 Å². The van der Waals surface area contributed by atoms with Gasteiger partial charge >= 0.3 is 0 Å². The van der Waals surface area contributed by atoms with Gasteiger partial charge < -0.3 is 4.74 Å². The SMILES string of the molecule is COc1ccc(F)c(Cl)c1C(=O)c1ccccc1. The number of ketones is 1. The van der Waals surface area contributed by atoms with E-state index >= 15 is 0 Å². The third kappa shape index (κ3) is 2.22. The topological polar surface area (TPSA) is 26.3 Å². The molecule has 92 valence electrons. The van der Waals surface area contributed by atoms with Crippen LogP contribution in [0, 0.1) is 5.82 Å². The molecule has 0 aliphatic carbocycles. The van der Waals surface area contributed by atoms with Crippen LogP contribution < -0.4 is 4.74 Å². The van der Waals surface area contributed by atoms with Crippen LogP contribution in [0.1, 0.15) is 15.9 Å². The Bertz CT molecular complexity index is 582. The maximum absolute atomic E-state index is 13.4. The van der Waals surface area contributed by atoms with Gasteiger partial charge in [0.15, 0.2) is 5.78 Å². The molecular formula is C14H10ClFO2. The first-order chi connectivity index (χ1) is 8.65. The molecule has 2 rings (SSSR count). The third-order valence-electron chi connectivity index (χ3n) is 2.54. The molecule has 0 amide bonds. The van der Waals surface area contributed by atoms with Crippen molar-refractivity contribution in [2.24, 2.45) is 0 Å². The molecule has 0 heterocycles. The van der Waals surface area contributed by atoms with E-state index in [0.717, 1.165) is 0 Å². The van der Waals surface area contributed by atoms with Crippen LogP contribution in [0.4, 0.5) is 4.39 Å². The van der Waals surface area contributed by atoms with Crippen LogP contribution in [-0.4, -0.2) is 12.9 Å². The standard InChI is InChI=1S/C14H10ClFO2/c1-18-11-8-7-10(16)13(15)12(11)14(17)9-5-3-2-4-6-9/h2-8H,1H3. The first-order valence-corrected chi connectivity index (χ1v) is 5.64. The smallest absolute Gasteiger partial charge is 0.198 e. The first kappa shape index (κ1) is 12.6. The Morgan fingerprint density at radius 3 is 2.44 bits per heavy atom. The van der Waals surface area contributed by atoms with E-state index in [1.165, 1.54) is 19.2 Å². The highest BCUT2D eigenvalue weighted by molar-refractivity contribution is 6.35. The number of ether oxygens (including phenoxy) is 1. The number of carbonyl (C=O) groups excluding carboxylic acids is 1. The molecule has 2 aromatic carbocycles. The van der Waals surface area contributed by atoms with Gasteiger partial charge in [-0.15, -0.1) is 0 Å². The van der Waals surface area contributed by atoms with E-state index in [1.807, 2.05) is 0 Å². The van der Waals surface area contributed by atoms with Gasteiger partial charge in [-0.05, 0) is 12.1 Å². The fraction of sp³-hybridized carbons (Fsp3) is 0.0714. The summed E-state index contributed by atoms with van der Waals surface area (Å²) in [7, 11) is 1.41. The largest absolute Gasteiger partial charge is 0.496 e. The summed E-state index contributed by atoms with van der Waals surface area (Å²) in [6.45, 7) is 0. The van der Waals surface area contributed by atoms with Crippen molar-refractivity contribution >= 4 is 17.4 Å². The molecule has 0 aliphatic heterocycles. The molecule has 0 spiro atoms. The Kier molecular flexibility index (Phi) is 3.63. The van der Waals surface area contributed by atoms with E-state index in [2.05, 4.69) is 0 Å². The molecule has 0 saturated carbocycles. The van der Waals surface area contributed by atoms with Crippen LogP contribution in [0.25, 0.3) is 0 Å². The summed E-state index contributed by atoms with van der Waals surface area (Å²) in [5, 5.41) is -0.219. The highest BCUT2D eigenvalue weighted by atomic mass is 35.5. The monoisotopic (exact) mass is 264 g/mol. The van der Waals surface area contributed by atoms with Gasteiger partial charge in [-0.1, -0.05) is 41.9 Å². The molecule has 0 unspecified atom stereocenters. The second-order valence-electron chi connectivity index (χ2n) is 3.63. The minimum absolute atomic E-state index is 0.0466. The Hall–Kier alpha value is -1.87. The fourth-order valence-electron chi connectivity index (χ4n) is 1.65. The number of hydrogen-bond donors (Lipinski definition) is 0. The normalized spacial score (nSPS) is 10.2. The van der Waals surface area contributed by atoms with Crippen molar-refractivity contribution < 1.29 is 13.9 Å². The van der Waals surface area contributed by atoms with Gasteiger partial charge in [0.2, 0.25) is 0 Å². The Morgan fingerprint density at radius 1 is 1.17 bits per heavy atom. The second-order valence-corrected chi connectivity index (χ2v) is 4.01. The molecule has 2 aromatic rings. The molecule has 0 aromatic heterocycles. The molecule has 0 N–H and O–H groups in total. The average Bonchev–Trinajstić information content (AvgIpc) is 2.42. The summed E-state index contributed by atoms with van der Waals surface area (Å²) in [5.74, 6) is -0.746. The van der Waals surface area contributed by atoms with Crippen LogP contribution in [-0.2, 0) is 0 Å². The van der Waals surface area contributed by atoms with E-state index < -0.39 is 5.82 Å². The van der Waals surface area contributed by atoms with Gasteiger partial charge in [0.25, 0.3) is 0 Å². The van der Waals surface area contributed by atoms with Crippen molar-refractivity contribution in [3.63, 3.8) is 0 Å². The Balaban J connectivity index is 2.57. The molecule has 0 fully saturated rings. The van der Waals surface area contributed by atoms with Crippen LogP contribution in [0.15, 0.2) is 42.5 Å². The third-order valence-corrected chi connectivity index (χ3v) is 2.91. The first-order valence-electron chi connectivity index (χ1n) is 5.27. The zero-order chi connectivity index (χ0) is 13.1. The maximum atomic E-state index is 13.4. The molecule has 2 nitrogen and oxygen atoms in total. The molecule has 0 aliphatic rings. The van der Waals surface area contributed by atoms with Crippen molar-refractivity contribution in [2.75, 3.05) is 7.11 Å². The van der Waals surface area contributed by atoms with E-state index in [-0.39, 0.29) is 22.1 Å². The quantitative estimate of drug-likeness (QED) is 0.790. The Labute approximate surface area is 109 Å². The lowest BCUT2D eigenvalue weighted by molar-refractivity contribution is 0.103. The van der Waals surface area contributed by atoms with E-state index in [4.69, 9.17) is 16.3 Å². The number of carbonyl (C=O) groups is 1. The minimum atomic E-state index is -0.642. The van der Waals surface area contributed by atoms with Gasteiger partial charge in [0, 0.05) is 5.56 Å². The van der Waals surface area contributed by atoms with Crippen molar-refractivity contribution in [3.05, 3.63) is 64.4 Å². The van der Waals surface area contributed by atoms with Gasteiger partial charge in [0.1, 0.15) is 11.6 Å². The summed E-state index contributed by atoms with van der Waals surface area (Å²) in [5.41, 5.74) is 0.480. The fourth-order valence-corrected chi connectivity index (χ4v) is 1.89. The predicted molar refractivity (Wildman–Crippen MR) is 67.8 cm³/mol. The molecule has 4 heteroatoms. The molecule has 0 bridgehead atoms. The summed E-state index contributed by atoms with van der Waals surface area (Å²) in [6.07, 6.45) is 0. The summed E-state index contributed by atoms with van der Waals surface area (Å²) >= 11 is 5.85. The van der Waals surface area contributed by atoms with Crippen molar-refractivity contribution in [2.45, 2.75) is 0 Å². The number of hydrogen-bond acceptors (Lipinski definition) is 2. The summed E-state index contributed by atoms with van der Waals surface area (Å²) < 4.78 is 18.5. The molecule has 18 heavy (non-hydrogen) atoms. The van der Waals surface area contributed by atoms with Crippen molar-refractivity contribution in [3.8, 4) is 5.75 Å². The molecular weight excluding hydrogens is 255 g/mol. The van der Waals surface area contributed by atoms with Gasteiger partial charge in [-0.3, -0.25) is 4.79 Å². The molecule has 0 atom stereocenters. The lowest BCUT2D eigenvalue weighted by atomic mass is 10.0. The number of halogens is 2. The van der Waals surface area contributed by atoms with Crippen LogP contribution in [0.5, 0.6) is 5.75 Å². The van der Waals surface area contributed by atoms with Crippen LogP contribution in [0.3, 0.4) is 0 Å². The van der Waals surface area contributed by atoms with Gasteiger partial charge in [-0.25, -0.2) is 4.39 Å². The highest BCUT2D eigenvalue weighted by Crippen LogP contribution is 2.31. The lowest BCUT2D eigenvalue weighted by Crippen LogP contribution is -2.06. The second kappa shape index (κ2) is 5.19. The lowest BCUT2D eigenvalue weighted by Gasteiger charge is -2.10. The maximum Gasteiger partial charge on any atom is 0.198 e. The molecule has 0 saturated heterocycles. The zero-order valence-corrected chi connectivity index (χ0v) is 10.4. The zero-order valence-electron chi connectivity index (χ0n) is 9.61. The number of methoxy groups -OCH3 is 1. The minimum Gasteiger partial charge on any atom is -0.496 e. The highest BCUT2D eigenvalue weighted by Gasteiger charge is 2.20. The van der Waals surface area contributed by atoms with Crippen LogP contribution >= 0.6 is 11.6 Å². The van der Waals surface area contributed by atoms with Crippen molar-refractivity contribution in [1.29, 1.82) is 0 Å². The number of rotatable bonds is 3. The van der Waals surface area contributed by atoms with Crippen molar-refractivity contribution in [1.82, 2.24) is 0 Å². The number of benzene rings is 2. The summed E-state index contributed by atoms with van der Waals surface area (Å²) in [4.78, 5) is 12.3. The summed E-state index contributed by atoms with van der Waals surface area (Å²) in [6, 6.07) is 11.1. The van der Waals surface area contributed by atoms with E-state index in [9.17, 15) is 9.18 Å². The van der Waals surface area contributed by atoms with Gasteiger partial charge in [0.05, 0.1) is 17.7 Å². The van der Waals surface area contributed by atoms with Crippen LogP contribution in [0.2, 0.25) is 5.02 Å². The Morgan fingerprint density at radius 2 is 1.83 bits per heavy atom. The molecule has 0 radical (unpaired) electrons. The predicted octanol–water partition coefficient (Wildman–Crippen LogP) is 3.72. The van der Waals surface area contributed by atoms with E-state index in [0.29, 0.717) is 5.56 Å². The van der Waals surface area contributed by atoms with Gasteiger partial charge in [-0.2, -0.15) is 0 Å². The average molecular weight is 265 g/mol.